The molecule has 1 aliphatic rings. The first-order valence-corrected chi connectivity index (χ1v) is 4.63. The van der Waals surface area contributed by atoms with Crippen LogP contribution in [0.15, 0.2) is 17.3 Å². The quantitative estimate of drug-likeness (QED) is 0.666. The zero-order valence-electron chi connectivity index (χ0n) is 8.51. The molecular weight excluding hydrogens is 207 g/mol. The van der Waals surface area contributed by atoms with Gasteiger partial charge in [-0.3, -0.25) is 9.79 Å². The summed E-state index contributed by atoms with van der Waals surface area (Å²) in [6.07, 6.45) is -2.09. The van der Waals surface area contributed by atoms with Gasteiger partial charge < -0.3 is 0 Å². The van der Waals surface area contributed by atoms with Crippen molar-refractivity contribution in [3.63, 3.8) is 0 Å². The summed E-state index contributed by atoms with van der Waals surface area (Å²) in [5, 5.41) is 0. The molecule has 0 bridgehead atoms. The number of Topliss-reactive ketones (excluding diaryl/α,β-unsaturated/α-hetero) is 1. The molecule has 0 amide bonds. The molecule has 5 heteroatoms. The molecule has 1 heterocycles. The molecule has 0 saturated carbocycles. The molecular formula is C10H12F3NO. The Hall–Kier alpha value is -1.13. The highest BCUT2D eigenvalue weighted by atomic mass is 19.4. The van der Waals surface area contributed by atoms with Gasteiger partial charge in [-0.1, -0.05) is 13.0 Å². The molecule has 0 aromatic carbocycles. The molecule has 0 aromatic rings. The summed E-state index contributed by atoms with van der Waals surface area (Å²) in [4.78, 5) is 14.5. The van der Waals surface area contributed by atoms with Crippen molar-refractivity contribution in [3.8, 4) is 0 Å². The fourth-order valence-electron chi connectivity index (χ4n) is 1.63. The Balaban J connectivity index is 2.87. The summed E-state index contributed by atoms with van der Waals surface area (Å²) in [7, 11) is 0. The number of allylic oxidation sites excluding steroid dienone is 1. The van der Waals surface area contributed by atoms with Crippen LogP contribution < -0.4 is 0 Å². The first-order chi connectivity index (χ1) is 6.82. The fourth-order valence-corrected chi connectivity index (χ4v) is 1.63. The largest absolute Gasteiger partial charge is 0.429 e. The van der Waals surface area contributed by atoms with Crippen LogP contribution >= 0.6 is 0 Å². The van der Waals surface area contributed by atoms with E-state index in [1.165, 1.54) is 13.0 Å². The summed E-state index contributed by atoms with van der Waals surface area (Å²) in [6.45, 7) is 3.01. The normalized spacial score (nSPS) is 27.1. The van der Waals surface area contributed by atoms with Gasteiger partial charge in [-0.2, -0.15) is 13.2 Å². The minimum absolute atomic E-state index is 0.127. The van der Waals surface area contributed by atoms with Gasteiger partial charge in [0.1, 0.15) is 11.5 Å². The van der Waals surface area contributed by atoms with Crippen molar-refractivity contribution in [2.45, 2.75) is 26.4 Å². The number of aliphatic imine (C=N–C) groups is 1. The van der Waals surface area contributed by atoms with E-state index in [2.05, 4.69) is 4.99 Å². The van der Waals surface area contributed by atoms with E-state index >= 15 is 0 Å². The number of hydrogen-bond donors (Lipinski definition) is 0. The number of nitrogens with zero attached hydrogens (tertiary/aromatic N) is 1. The van der Waals surface area contributed by atoms with Gasteiger partial charge in [-0.05, 0) is 19.3 Å². The molecule has 2 nitrogen and oxygen atoms in total. The van der Waals surface area contributed by atoms with E-state index in [1.54, 1.807) is 6.92 Å². The first kappa shape index (κ1) is 11.9. The van der Waals surface area contributed by atoms with Crippen molar-refractivity contribution in [1.29, 1.82) is 0 Å². The number of carbonyl (C=O) groups is 1. The van der Waals surface area contributed by atoms with Crippen molar-refractivity contribution in [3.05, 3.63) is 12.3 Å². The zero-order chi connectivity index (χ0) is 11.6. The molecule has 15 heavy (non-hydrogen) atoms. The fraction of sp³-hybridized carbons (Fsp3) is 0.600. The van der Waals surface area contributed by atoms with Crippen molar-refractivity contribution < 1.29 is 18.0 Å². The minimum atomic E-state index is -4.40. The van der Waals surface area contributed by atoms with E-state index in [0.717, 1.165) is 6.20 Å². The molecule has 2 atom stereocenters. The van der Waals surface area contributed by atoms with Crippen LogP contribution in [0.3, 0.4) is 0 Å². The molecule has 2 unspecified atom stereocenters. The Bertz CT molecular complexity index is 317. The van der Waals surface area contributed by atoms with Crippen molar-refractivity contribution in [2.75, 3.05) is 0 Å². The lowest BCUT2D eigenvalue weighted by atomic mass is 9.87. The van der Waals surface area contributed by atoms with Crippen LogP contribution in [-0.2, 0) is 4.79 Å². The maximum Gasteiger partial charge on any atom is 0.429 e. The average Bonchev–Trinajstić information content (AvgIpc) is 2.25. The van der Waals surface area contributed by atoms with Gasteiger partial charge in [-0.25, -0.2) is 0 Å². The lowest BCUT2D eigenvalue weighted by Gasteiger charge is -2.17. The Kier molecular flexibility index (Phi) is 3.31. The summed E-state index contributed by atoms with van der Waals surface area (Å²) < 4.78 is 37.1. The number of halogens is 3. The predicted molar refractivity (Wildman–Crippen MR) is 50.6 cm³/mol. The highest BCUT2D eigenvalue weighted by molar-refractivity contribution is 5.91. The van der Waals surface area contributed by atoms with E-state index < -0.39 is 17.8 Å². The summed E-state index contributed by atoms with van der Waals surface area (Å²) in [5.74, 6) is -0.951. The number of carbonyl (C=O) groups excluding carboxylic acids is 1. The molecule has 84 valence electrons. The summed E-state index contributed by atoms with van der Waals surface area (Å²) >= 11 is 0. The van der Waals surface area contributed by atoms with Crippen molar-refractivity contribution >= 4 is 11.5 Å². The summed E-state index contributed by atoms with van der Waals surface area (Å²) in [5.41, 5.74) is -0.810. The number of ketones is 1. The Morgan fingerprint density at radius 2 is 2.13 bits per heavy atom. The molecule has 0 aliphatic carbocycles. The lowest BCUT2D eigenvalue weighted by molar-refractivity contribution is -0.120. The molecule has 0 spiro atoms. The second-order valence-corrected chi connectivity index (χ2v) is 3.73. The van der Waals surface area contributed by atoms with Crippen molar-refractivity contribution in [2.24, 2.45) is 16.8 Å². The maximum absolute atomic E-state index is 12.4. The Morgan fingerprint density at radius 1 is 1.53 bits per heavy atom. The third-order valence-corrected chi connectivity index (χ3v) is 2.45. The first-order valence-electron chi connectivity index (χ1n) is 4.63. The molecule has 1 aliphatic heterocycles. The van der Waals surface area contributed by atoms with Gasteiger partial charge in [-0.15, -0.1) is 0 Å². The van der Waals surface area contributed by atoms with Crippen LogP contribution in [0.25, 0.3) is 0 Å². The van der Waals surface area contributed by atoms with Gasteiger partial charge in [0.25, 0.3) is 0 Å². The second-order valence-electron chi connectivity index (χ2n) is 3.73. The lowest BCUT2D eigenvalue weighted by Crippen LogP contribution is -2.27. The van der Waals surface area contributed by atoms with Crippen LogP contribution in [0.5, 0.6) is 0 Å². The van der Waals surface area contributed by atoms with Crippen LogP contribution in [0, 0.1) is 11.8 Å². The smallest absolute Gasteiger partial charge is 0.299 e. The van der Waals surface area contributed by atoms with Crippen LogP contribution in [0.4, 0.5) is 13.2 Å². The highest BCUT2D eigenvalue weighted by Crippen LogP contribution is 2.28. The molecule has 0 fully saturated rings. The third-order valence-electron chi connectivity index (χ3n) is 2.45. The Morgan fingerprint density at radius 3 is 2.60 bits per heavy atom. The van der Waals surface area contributed by atoms with Gasteiger partial charge in [0.15, 0.2) is 0 Å². The van der Waals surface area contributed by atoms with Gasteiger partial charge >= 0.3 is 6.18 Å². The van der Waals surface area contributed by atoms with Gasteiger partial charge in [0, 0.05) is 12.1 Å². The third kappa shape index (κ3) is 2.91. The number of rotatable bonds is 1. The van der Waals surface area contributed by atoms with Gasteiger partial charge in [0.05, 0.1) is 0 Å². The molecule has 0 saturated heterocycles. The molecule has 0 N–H and O–H groups in total. The molecule has 0 radical (unpaired) electrons. The van der Waals surface area contributed by atoms with E-state index in [-0.39, 0.29) is 18.1 Å². The second kappa shape index (κ2) is 4.16. The Labute approximate surface area is 85.9 Å². The standard InChI is InChI=1S/C10H12F3NO/c1-6-5-9(10(11,12)13)14-4-3-8(6)7(2)15/h3-4,6,8H,5H2,1-2H3. The predicted octanol–water partition coefficient (Wildman–Crippen LogP) is 2.75. The highest BCUT2D eigenvalue weighted by Gasteiger charge is 2.38. The van der Waals surface area contributed by atoms with Crippen LogP contribution in [0.1, 0.15) is 20.3 Å². The van der Waals surface area contributed by atoms with Gasteiger partial charge in [0.2, 0.25) is 0 Å². The molecule has 1 rings (SSSR count). The number of alkyl halides is 3. The van der Waals surface area contributed by atoms with Crippen molar-refractivity contribution in [1.82, 2.24) is 0 Å². The van der Waals surface area contributed by atoms with E-state index in [9.17, 15) is 18.0 Å². The molecule has 0 aromatic heterocycles. The topological polar surface area (TPSA) is 29.4 Å². The number of hydrogen-bond acceptors (Lipinski definition) is 2. The average molecular weight is 219 g/mol. The monoisotopic (exact) mass is 219 g/mol. The van der Waals surface area contributed by atoms with E-state index in [0.29, 0.717) is 0 Å². The van der Waals surface area contributed by atoms with Crippen LogP contribution in [0.2, 0.25) is 0 Å². The maximum atomic E-state index is 12.4. The van der Waals surface area contributed by atoms with E-state index in [1.807, 2.05) is 0 Å². The minimum Gasteiger partial charge on any atom is -0.299 e. The summed E-state index contributed by atoms with van der Waals surface area (Å²) in [6, 6.07) is 0. The van der Waals surface area contributed by atoms with E-state index in [4.69, 9.17) is 0 Å². The SMILES string of the molecule is CC(=O)C1C=CN=C(C(F)(F)F)CC1C. The zero-order valence-corrected chi connectivity index (χ0v) is 8.51. The van der Waals surface area contributed by atoms with Crippen LogP contribution in [-0.4, -0.2) is 17.7 Å².